The number of nitrogens with one attached hydrogen (secondary N) is 2. The van der Waals surface area contributed by atoms with Gasteiger partial charge in [0, 0.05) is 6.20 Å². The van der Waals surface area contributed by atoms with E-state index in [1.54, 1.807) is 32.2 Å². The number of pyridine rings is 1. The summed E-state index contributed by atoms with van der Waals surface area (Å²) < 4.78 is 0. The normalized spacial score (nSPS) is 17.8. The highest BCUT2D eigenvalue weighted by atomic mass is 16.2. The number of carbonyl (C=O) groups excluding carboxylic acids is 2. The van der Waals surface area contributed by atoms with E-state index < -0.39 is 11.6 Å². The highest BCUT2D eigenvalue weighted by Crippen LogP contribution is 2.19. The summed E-state index contributed by atoms with van der Waals surface area (Å²) in [5.74, 6) is 5.02. The molecule has 0 radical (unpaired) electrons. The molecule has 3 amide bonds. The number of carbonyl (C=O) groups is 2. The van der Waals surface area contributed by atoms with Gasteiger partial charge in [-0.15, -0.1) is 0 Å². The third-order valence-corrected chi connectivity index (χ3v) is 2.75. The van der Waals surface area contributed by atoms with Crippen molar-refractivity contribution in [3.8, 4) is 0 Å². The average Bonchev–Trinajstić information content (AvgIpc) is 2.52. The smallest absolute Gasteiger partial charge is 0.324 e. The zero-order valence-electron chi connectivity index (χ0n) is 10.2. The SMILES string of the molecule is CC1(C)NC(=O)N(Cc2cc(NN)ccn2)C1=O. The molecule has 0 unspecified atom stereocenters. The lowest BCUT2D eigenvalue weighted by Gasteiger charge is -2.15. The van der Waals surface area contributed by atoms with Crippen molar-refractivity contribution in [2.24, 2.45) is 5.84 Å². The molecule has 1 fully saturated rings. The van der Waals surface area contributed by atoms with Crippen LogP contribution in [0.3, 0.4) is 0 Å². The second-order valence-corrected chi connectivity index (χ2v) is 4.63. The molecule has 1 aliphatic heterocycles. The first kappa shape index (κ1) is 12.3. The zero-order valence-corrected chi connectivity index (χ0v) is 10.2. The number of rotatable bonds is 3. The molecular formula is C11H15N5O2. The van der Waals surface area contributed by atoms with Crippen LogP contribution in [0.15, 0.2) is 18.3 Å². The third kappa shape index (κ3) is 2.12. The highest BCUT2D eigenvalue weighted by Gasteiger charge is 2.44. The van der Waals surface area contributed by atoms with Gasteiger partial charge in [-0.3, -0.25) is 20.5 Å². The number of urea groups is 1. The quantitative estimate of drug-likeness (QED) is 0.403. The predicted octanol–water partition coefficient (Wildman–Crippen LogP) is 0.198. The van der Waals surface area contributed by atoms with Crippen molar-refractivity contribution >= 4 is 17.6 Å². The molecule has 0 aromatic carbocycles. The van der Waals surface area contributed by atoms with Crippen molar-refractivity contribution in [1.82, 2.24) is 15.2 Å². The van der Waals surface area contributed by atoms with Crippen molar-refractivity contribution in [2.45, 2.75) is 25.9 Å². The Morgan fingerprint density at radius 2 is 2.22 bits per heavy atom. The molecular weight excluding hydrogens is 234 g/mol. The summed E-state index contributed by atoms with van der Waals surface area (Å²) in [4.78, 5) is 28.9. The Bertz CT molecular complexity index is 500. The largest absolute Gasteiger partial charge is 0.325 e. The molecule has 1 aromatic heterocycles. The molecule has 7 heteroatoms. The summed E-state index contributed by atoms with van der Waals surface area (Å²) in [6.45, 7) is 3.46. The van der Waals surface area contributed by atoms with Crippen molar-refractivity contribution in [1.29, 1.82) is 0 Å². The fourth-order valence-electron chi connectivity index (χ4n) is 1.78. The standard InChI is InChI=1S/C11H15N5O2/c1-11(2)9(17)16(10(18)14-11)6-8-5-7(15-12)3-4-13-8/h3-5H,6,12H2,1-2H3,(H,13,15)(H,14,18). The summed E-state index contributed by atoms with van der Waals surface area (Å²) in [5, 5.41) is 2.61. The van der Waals surface area contributed by atoms with Gasteiger partial charge < -0.3 is 10.7 Å². The molecule has 1 saturated heterocycles. The van der Waals surface area contributed by atoms with E-state index in [1.807, 2.05) is 0 Å². The number of hydrazine groups is 1. The summed E-state index contributed by atoms with van der Waals surface area (Å²) in [6, 6.07) is 2.98. The van der Waals surface area contributed by atoms with Crippen LogP contribution in [0.25, 0.3) is 0 Å². The van der Waals surface area contributed by atoms with Crippen LogP contribution in [0.5, 0.6) is 0 Å². The van der Waals surface area contributed by atoms with Crippen LogP contribution in [-0.4, -0.2) is 27.4 Å². The van der Waals surface area contributed by atoms with Crippen LogP contribution in [0.1, 0.15) is 19.5 Å². The highest BCUT2D eigenvalue weighted by molar-refractivity contribution is 6.06. The maximum Gasteiger partial charge on any atom is 0.325 e. The van der Waals surface area contributed by atoms with Gasteiger partial charge in [0.2, 0.25) is 0 Å². The minimum atomic E-state index is -0.860. The number of nitrogens with two attached hydrogens (primary N) is 1. The molecule has 4 N–H and O–H groups in total. The first-order chi connectivity index (χ1) is 8.44. The maximum atomic E-state index is 12.0. The molecule has 0 spiro atoms. The lowest BCUT2D eigenvalue weighted by atomic mass is 10.1. The maximum absolute atomic E-state index is 12.0. The van der Waals surface area contributed by atoms with Gasteiger partial charge in [0.25, 0.3) is 5.91 Å². The molecule has 0 aliphatic carbocycles. The Balaban J connectivity index is 2.19. The van der Waals surface area contributed by atoms with E-state index in [0.29, 0.717) is 11.4 Å². The second-order valence-electron chi connectivity index (χ2n) is 4.63. The molecule has 96 valence electrons. The van der Waals surface area contributed by atoms with Crippen LogP contribution >= 0.6 is 0 Å². The Labute approximate surface area is 104 Å². The Morgan fingerprint density at radius 3 is 2.78 bits per heavy atom. The van der Waals surface area contributed by atoms with Gasteiger partial charge in [0.05, 0.1) is 17.9 Å². The van der Waals surface area contributed by atoms with Gasteiger partial charge in [-0.25, -0.2) is 4.79 Å². The monoisotopic (exact) mass is 249 g/mol. The van der Waals surface area contributed by atoms with Crippen molar-refractivity contribution in [2.75, 3.05) is 5.43 Å². The first-order valence-electron chi connectivity index (χ1n) is 5.50. The summed E-state index contributed by atoms with van der Waals surface area (Å²) in [5.41, 5.74) is 2.89. The zero-order chi connectivity index (χ0) is 13.3. The molecule has 18 heavy (non-hydrogen) atoms. The Morgan fingerprint density at radius 1 is 1.50 bits per heavy atom. The summed E-state index contributed by atoms with van der Waals surface area (Å²) >= 11 is 0. The van der Waals surface area contributed by atoms with Gasteiger partial charge >= 0.3 is 6.03 Å². The minimum absolute atomic E-state index is 0.129. The molecule has 0 saturated carbocycles. The minimum Gasteiger partial charge on any atom is -0.324 e. The Kier molecular flexibility index (Phi) is 2.92. The van der Waals surface area contributed by atoms with Gasteiger partial charge in [-0.2, -0.15) is 0 Å². The number of hydrogen-bond donors (Lipinski definition) is 3. The molecule has 1 aromatic rings. The molecule has 1 aliphatic rings. The van der Waals surface area contributed by atoms with Crippen LogP contribution < -0.4 is 16.6 Å². The van der Waals surface area contributed by atoms with Crippen LogP contribution in [0.4, 0.5) is 10.5 Å². The number of aromatic nitrogens is 1. The lowest BCUT2D eigenvalue weighted by Crippen LogP contribution is -2.40. The van der Waals surface area contributed by atoms with E-state index in [4.69, 9.17) is 5.84 Å². The fraction of sp³-hybridized carbons (Fsp3) is 0.364. The van der Waals surface area contributed by atoms with Crippen LogP contribution in [-0.2, 0) is 11.3 Å². The average molecular weight is 249 g/mol. The Hall–Kier alpha value is -2.15. The van der Waals surface area contributed by atoms with Crippen LogP contribution in [0, 0.1) is 0 Å². The number of amides is 3. The van der Waals surface area contributed by atoms with Crippen molar-refractivity contribution in [3.63, 3.8) is 0 Å². The number of hydrogen-bond acceptors (Lipinski definition) is 5. The number of nitrogen functional groups attached to an aromatic ring is 1. The van der Waals surface area contributed by atoms with E-state index in [9.17, 15) is 9.59 Å². The van der Waals surface area contributed by atoms with E-state index in [-0.39, 0.29) is 12.5 Å². The second kappa shape index (κ2) is 4.26. The lowest BCUT2D eigenvalue weighted by molar-refractivity contribution is -0.130. The first-order valence-corrected chi connectivity index (χ1v) is 5.50. The molecule has 0 bridgehead atoms. The van der Waals surface area contributed by atoms with Gasteiger partial charge in [0.15, 0.2) is 0 Å². The predicted molar refractivity (Wildman–Crippen MR) is 65.2 cm³/mol. The van der Waals surface area contributed by atoms with E-state index >= 15 is 0 Å². The molecule has 7 nitrogen and oxygen atoms in total. The summed E-state index contributed by atoms with van der Waals surface area (Å²) in [6.07, 6.45) is 1.56. The molecule has 0 atom stereocenters. The van der Waals surface area contributed by atoms with Gasteiger partial charge in [-0.05, 0) is 26.0 Å². The third-order valence-electron chi connectivity index (χ3n) is 2.75. The molecule has 2 rings (SSSR count). The van der Waals surface area contributed by atoms with Gasteiger partial charge in [-0.1, -0.05) is 0 Å². The number of anilines is 1. The fourth-order valence-corrected chi connectivity index (χ4v) is 1.78. The van der Waals surface area contributed by atoms with Crippen molar-refractivity contribution < 1.29 is 9.59 Å². The van der Waals surface area contributed by atoms with Gasteiger partial charge in [0.1, 0.15) is 5.54 Å². The summed E-state index contributed by atoms with van der Waals surface area (Å²) in [7, 11) is 0. The van der Waals surface area contributed by atoms with Crippen molar-refractivity contribution in [3.05, 3.63) is 24.0 Å². The number of nitrogens with zero attached hydrogens (tertiary/aromatic N) is 2. The number of imide groups is 1. The van der Waals surface area contributed by atoms with E-state index in [2.05, 4.69) is 15.7 Å². The van der Waals surface area contributed by atoms with E-state index in [0.717, 1.165) is 4.90 Å². The van der Waals surface area contributed by atoms with E-state index in [1.165, 1.54) is 0 Å². The molecule has 2 heterocycles. The van der Waals surface area contributed by atoms with Crippen LogP contribution in [0.2, 0.25) is 0 Å². The topological polar surface area (TPSA) is 100 Å².